The maximum Gasteiger partial charge on any atom is 0.137 e. The molecule has 0 nitrogen and oxygen atoms in total. The summed E-state index contributed by atoms with van der Waals surface area (Å²) in [4.78, 5) is 0. The third-order valence-electron chi connectivity index (χ3n) is 0. The molecule has 26 valence electrons. The number of halogens is 2. The average molecular weight is 115 g/mol. The number of rotatable bonds is 0. The van der Waals surface area contributed by atoms with Crippen molar-refractivity contribution in [2.45, 2.75) is 0 Å². The molecule has 0 spiro atoms. The molecule has 0 amide bonds. The average Bonchev–Trinajstić information content (AvgIpc) is 0.918. The van der Waals surface area contributed by atoms with Gasteiger partial charge in [-0.15, -0.1) is 23.2 Å². The van der Waals surface area contributed by atoms with E-state index >= 15 is 0 Å². The summed E-state index contributed by atoms with van der Waals surface area (Å²) in [6.07, 6.45) is 0. The molecule has 0 rings (SSSR count). The highest BCUT2D eigenvalue weighted by molar-refractivity contribution is 6.47. The standard InChI is InChI=1S/CHCl2.Al.2H2/c2-1-3;;;/h1H;;2*1H. The number of hydrogen-bond donors (Lipinski definition) is 0. The molecule has 0 aromatic heterocycles. The van der Waals surface area contributed by atoms with Gasteiger partial charge < -0.3 is 0 Å². The Bertz CT molecular complexity index is 11.5. The Morgan fingerprint density at radius 1 is 1.50 bits per heavy atom. The summed E-state index contributed by atoms with van der Waals surface area (Å²) < 4.78 is 0. The SMILES string of the molecule is Cl[CH]Cl.[Al].[HH].[HH]. The van der Waals surface area contributed by atoms with Crippen molar-refractivity contribution < 1.29 is 2.85 Å². The largest absolute Gasteiger partial charge is 0.137 e. The van der Waals surface area contributed by atoms with Crippen LogP contribution in [0.25, 0.3) is 0 Å². The first-order valence-corrected chi connectivity index (χ1v) is 1.31. The monoisotopic (exact) mass is 114 g/mol. The van der Waals surface area contributed by atoms with Crippen LogP contribution in [0.4, 0.5) is 0 Å². The smallest absolute Gasteiger partial charge is 0.102 e. The zero-order valence-corrected chi connectivity index (χ0v) is 4.58. The van der Waals surface area contributed by atoms with E-state index in [1.807, 2.05) is 0 Å². The van der Waals surface area contributed by atoms with Crippen LogP contribution < -0.4 is 0 Å². The van der Waals surface area contributed by atoms with Crippen LogP contribution in [0, 0.1) is 5.34 Å². The van der Waals surface area contributed by atoms with Crippen molar-refractivity contribution in [3.8, 4) is 0 Å². The molecule has 0 aromatic rings. The van der Waals surface area contributed by atoms with Gasteiger partial charge in [-0.3, -0.25) is 0 Å². The van der Waals surface area contributed by atoms with E-state index in [4.69, 9.17) is 0 Å². The van der Waals surface area contributed by atoms with E-state index in [-0.39, 0.29) is 20.2 Å². The van der Waals surface area contributed by atoms with Crippen molar-refractivity contribution in [2.24, 2.45) is 0 Å². The van der Waals surface area contributed by atoms with E-state index < -0.39 is 0 Å². The van der Waals surface area contributed by atoms with Crippen molar-refractivity contribution in [1.29, 1.82) is 0 Å². The topological polar surface area (TPSA) is 0 Å². The summed E-state index contributed by atoms with van der Waals surface area (Å²) >= 11 is 9.28. The first-order valence-electron chi connectivity index (χ1n) is 0.436. The van der Waals surface area contributed by atoms with Crippen molar-refractivity contribution in [2.75, 3.05) is 0 Å². The van der Waals surface area contributed by atoms with Gasteiger partial charge in [-0.2, -0.15) is 0 Å². The fourth-order valence-electron chi connectivity index (χ4n) is 0. The normalized spacial score (nSPS) is 4.50. The lowest BCUT2D eigenvalue weighted by Gasteiger charge is -1.40. The lowest BCUT2D eigenvalue weighted by molar-refractivity contribution is 2.62. The second-order valence-corrected chi connectivity index (χ2v) is 0.742. The Labute approximate surface area is 49.2 Å². The van der Waals surface area contributed by atoms with Crippen LogP contribution in [0.15, 0.2) is 0 Å². The molecule has 0 aliphatic heterocycles. The molecule has 0 saturated heterocycles. The maximum atomic E-state index is 4.64. The molecular weight excluding hydrogens is 110 g/mol. The molecule has 0 saturated carbocycles. The highest BCUT2D eigenvalue weighted by atomic mass is 35.5. The van der Waals surface area contributed by atoms with Gasteiger partial charge in [0, 0.05) is 20.2 Å². The molecule has 0 N–H and O–H groups in total. The van der Waals surface area contributed by atoms with Gasteiger partial charge in [-0.25, -0.2) is 0 Å². The minimum absolute atomic E-state index is 0. The highest BCUT2D eigenvalue weighted by Crippen LogP contribution is 1.83. The van der Waals surface area contributed by atoms with Gasteiger partial charge in [-0.05, 0) is 0 Å². The molecule has 4 heavy (non-hydrogen) atoms. The van der Waals surface area contributed by atoms with E-state index in [2.05, 4.69) is 23.2 Å². The molecule has 0 atom stereocenters. The van der Waals surface area contributed by atoms with Gasteiger partial charge >= 0.3 is 0 Å². The lowest BCUT2D eigenvalue weighted by atomic mass is 11.9. The third-order valence-corrected chi connectivity index (χ3v) is 0. The Balaban J connectivity index is -0.00000000667. The molecule has 0 aromatic carbocycles. The maximum absolute atomic E-state index is 4.64. The van der Waals surface area contributed by atoms with Crippen LogP contribution in [0.5, 0.6) is 0 Å². The molecule has 0 bridgehead atoms. The zero-order valence-electron chi connectivity index (χ0n) is 1.91. The molecule has 0 aliphatic rings. The van der Waals surface area contributed by atoms with Crippen LogP contribution in [0.1, 0.15) is 2.85 Å². The van der Waals surface area contributed by atoms with Crippen LogP contribution in [0.3, 0.4) is 0 Å². The van der Waals surface area contributed by atoms with Crippen molar-refractivity contribution in [3.63, 3.8) is 0 Å². The second-order valence-electron chi connectivity index (χ2n) is 0.0825. The highest BCUT2D eigenvalue weighted by Gasteiger charge is 1.44. The van der Waals surface area contributed by atoms with E-state index in [0.717, 1.165) is 5.34 Å². The Morgan fingerprint density at radius 3 is 1.50 bits per heavy atom. The summed E-state index contributed by atoms with van der Waals surface area (Å²) in [5, 5.41) is 0.944. The molecule has 0 heterocycles. The summed E-state index contributed by atoms with van der Waals surface area (Å²) in [6, 6.07) is 0. The van der Waals surface area contributed by atoms with Gasteiger partial charge in [0.05, 0.1) is 0 Å². The van der Waals surface area contributed by atoms with Gasteiger partial charge in [0.15, 0.2) is 0 Å². The fraction of sp³-hybridized carbons (Fsp3) is 0. The van der Waals surface area contributed by atoms with Gasteiger partial charge in [-0.1, -0.05) is 0 Å². The van der Waals surface area contributed by atoms with Crippen molar-refractivity contribution >= 4 is 40.6 Å². The molecule has 0 unspecified atom stereocenters. The van der Waals surface area contributed by atoms with Crippen LogP contribution >= 0.6 is 23.2 Å². The molecule has 3 heteroatoms. The Kier molecular flexibility index (Phi) is 19.9. The Hall–Kier alpha value is 1.11. The number of hydrogen-bond acceptors (Lipinski definition) is 0. The van der Waals surface area contributed by atoms with E-state index in [1.54, 1.807) is 0 Å². The first kappa shape index (κ1) is 8.93. The van der Waals surface area contributed by atoms with Gasteiger partial charge in [0.1, 0.15) is 5.34 Å². The van der Waals surface area contributed by atoms with Gasteiger partial charge in [0.25, 0.3) is 0 Å². The third kappa shape index (κ3) is 11.2. The van der Waals surface area contributed by atoms with Crippen LogP contribution in [0.2, 0.25) is 0 Å². The summed E-state index contributed by atoms with van der Waals surface area (Å²) in [6.45, 7) is 0. The molecule has 4 radical (unpaired) electrons. The van der Waals surface area contributed by atoms with Crippen molar-refractivity contribution in [3.05, 3.63) is 5.34 Å². The van der Waals surface area contributed by atoms with Crippen LogP contribution in [-0.4, -0.2) is 17.4 Å². The second kappa shape index (κ2) is 8.93. The minimum atomic E-state index is 0. The molecular formula is CH5AlCl2. The molecule has 0 aliphatic carbocycles. The quantitative estimate of drug-likeness (QED) is 0.421. The Morgan fingerprint density at radius 2 is 1.50 bits per heavy atom. The first-order chi connectivity index (χ1) is 1.41. The van der Waals surface area contributed by atoms with Crippen molar-refractivity contribution in [1.82, 2.24) is 0 Å². The minimum Gasteiger partial charge on any atom is -0.102 e. The van der Waals surface area contributed by atoms with E-state index in [0.29, 0.717) is 0 Å². The fourth-order valence-corrected chi connectivity index (χ4v) is 0. The van der Waals surface area contributed by atoms with Crippen LogP contribution in [-0.2, 0) is 0 Å². The summed E-state index contributed by atoms with van der Waals surface area (Å²) in [5.41, 5.74) is 0. The van der Waals surface area contributed by atoms with E-state index in [1.165, 1.54) is 0 Å². The molecule has 0 fully saturated rings. The summed E-state index contributed by atoms with van der Waals surface area (Å²) in [5.74, 6) is 0. The van der Waals surface area contributed by atoms with E-state index in [9.17, 15) is 0 Å². The zero-order chi connectivity index (χ0) is 2.71. The van der Waals surface area contributed by atoms with Gasteiger partial charge in [0.2, 0.25) is 0 Å². The summed E-state index contributed by atoms with van der Waals surface area (Å²) in [7, 11) is 0. The predicted molar refractivity (Wildman–Crippen MR) is 26.0 cm³/mol. The predicted octanol–water partition coefficient (Wildman–Crippen LogP) is 1.69. The lowest BCUT2D eigenvalue weighted by Crippen LogP contribution is -1.06.